The summed E-state index contributed by atoms with van der Waals surface area (Å²) in [4.78, 5) is 11.4. The lowest BCUT2D eigenvalue weighted by molar-refractivity contribution is -0.136. The molecule has 0 saturated carbocycles. The van der Waals surface area contributed by atoms with Crippen LogP contribution in [0.3, 0.4) is 0 Å². The summed E-state index contributed by atoms with van der Waals surface area (Å²) in [5.74, 6) is -0.192. The second-order valence-corrected chi connectivity index (χ2v) is 5.99. The normalized spacial score (nSPS) is 22.0. The maximum atomic E-state index is 11.4. The van der Waals surface area contributed by atoms with Crippen molar-refractivity contribution in [3.05, 3.63) is 22.8 Å². The van der Waals surface area contributed by atoms with Gasteiger partial charge in [-0.3, -0.25) is 0 Å². The lowest BCUT2D eigenvalue weighted by Gasteiger charge is -2.28. The van der Waals surface area contributed by atoms with Crippen molar-refractivity contribution in [2.24, 2.45) is 5.92 Å². The molecular weight excluding hydrogens is 252 g/mol. The van der Waals surface area contributed by atoms with Crippen LogP contribution >= 0.6 is 0 Å². The molecule has 0 amide bonds. The van der Waals surface area contributed by atoms with E-state index in [9.17, 15) is 9.90 Å². The molecule has 3 nitrogen and oxygen atoms in total. The second-order valence-electron chi connectivity index (χ2n) is 5.99. The highest BCUT2D eigenvalue weighted by Gasteiger charge is 2.28. The Morgan fingerprint density at radius 2 is 2.10 bits per heavy atom. The predicted molar refractivity (Wildman–Crippen MR) is 81.8 cm³/mol. The van der Waals surface area contributed by atoms with Crippen LogP contribution in [0.5, 0.6) is 0 Å². The van der Waals surface area contributed by atoms with Crippen molar-refractivity contribution in [2.75, 3.05) is 6.61 Å². The molecule has 1 heterocycles. The molecule has 1 fully saturated rings. The Morgan fingerprint density at radius 3 is 2.55 bits per heavy atom. The molecule has 3 heteroatoms. The molecule has 0 aromatic heterocycles. The molecule has 0 aromatic carbocycles. The SMILES string of the molecule is CCCC[C@@H](C)CC(C)=CC(C)=C(C(=O)O)[C@H]1CCO1. The van der Waals surface area contributed by atoms with Crippen LogP contribution in [-0.4, -0.2) is 23.8 Å². The molecule has 1 aliphatic rings. The fourth-order valence-electron chi connectivity index (χ4n) is 2.73. The first-order valence-corrected chi connectivity index (χ1v) is 7.68. The highest BCUT2D eigenvalue weighted by molar-refractivity contribution is 5.89. The molecule has 1 N–H and O–H groups in total. The van der Waals surface area contributed by atoms with E-state index >= 15 is 0 Å². The zero-order valence-electron chi connectivity index (χ0n) is 13.2. The summed E-state index contributed by atoms with van der Waals surface area (Å²) in [6.07, 6.45) is 7.40. The number of unbranched alkanes of at least 4 members (excludes halogenated alkanes) is 1. The van der Waals surface area contributed by atoms with Gasteiger partial charge in [0.15, 0.2) is 0 Å². The topological polar surface area (TPSA) is 46.5 Å². The number of hydrogen-bond donors (Lipinski definition) is 1. The van der Waals surface area contributed by atoms with Gasteiger partial charge in [0.2, 0.25) is 0 Å². The van der Waals surface area contributed by atoms with Gasteiger partial charge in [0.05, 0.1) is 18.3 Å². The molecule has 0 aromatic rings. The fraction of sp³-hybridized carbons (Fsp3) is 0.706. The van der Waals surface area contributed by atoms with E-state index in [1.165, 1.54) is 24.8 Å². The average Bonchev–Trinajstić information content (AvgIpc) is 2.29. The monoisotopic (exact) mass is 280 g/mol. The number of ether oxygens (including phenoxy) is 1. The van der Waals surface area contributed by atoms with Gasteiger partial charge in [0, 0.05) is 6.42 Å². The van der Waals surface area contributed by atoms with Crippen LogP contribution < -0.4 is 0 Å². The summed E-state index contributed by atoms with van der Waals surface area (Å²) in [7, 11) is 0. The first-order valence-electron chi connectivity index (χ1n) is 7.68. The molecule has 0 spiro atoms. The van der Waals surface area contributed by atoms with E-state index < -0.39 is 5.97 Å². The molecule has 0 radical (unpaired) electrons. The Kier molecular flexibility index (Phi) is 7.00. The maximum Gasteiger partial charge on any atom is 0.334 e. The molecule has 1 saturated heterocycles. The number of rotatable bonds is 8. The van der Waals surface area contributed by atoms with Crippen LogP contribution in [0.1, 0.15) is 59.8 Å². The molecular formula is C17H28O3. The Morgan fingerprint density at radius 1 is 1.45 bits per heavy atom. The Balaban J connectivity index is 2.70. The quantitative estimate of drug-likeness (QED) is 0.531. The van der Waals surface area contributed by atoms with Crippen LogP contribution in [-0.2, 0) is 9.53 Å². The lowest BCUT2D eigenvalue weighted by atomic mass is 9.93. The Labute approximate surface area is 122 Å². The minimum Gasteiger partial charge on any atom is -0.478 e. The number of carboxylic acid groups (broad SMARTS) is 1. The van der Waals surface area contributed by atoms with E-state index in [4.69, 9.17) is 4.74 Å². The van der Waals surface area contributed by atoms with Gasteiger partial charge in [-0.25, -0.2) is 4.79 Å². The average molecular weight is 280 g/mol. The highest BCUT2D eigenvalue weighted by Crippen LogP contribution is 2.25. The highest BCUT2D eigenvalue weighted by atomic mass is 16.5. The number of carboxylic acids is 1. The van der Waals surface area contributed by atoms with Gasteiger partial charge in [-0.15, -0.1) is 0 Å². The third-order valence-corrected chi connectivity index (χ3v) is 3.86. The van der Waals surface area contributed by atoms with Crippen LogP contribution in [0.15, 0.2) is 22.8 Å². The van der Waals surface area contributed by atoms with Crippen molar-refractivity contribution >= 4 is 5.97 Å². The number of carbonyl (C=O) groups is 1. The van der Waals surface area contributed by atoms with Crippen molar-refractivity contribution in [2.45, 2.75) is 65.9 Å². The van der Waals surface area contributed by atoms with Crippen LogP contribution in [0, 0.1) is 5.92 Å². The van der Waals surface area contributed by atoms with Gasteiger partial charge < -0.3 is 9.84 Å². The standard InChI is InChI=1S/C17H28O3/c1-5-6-7-12(2)10-13(3)11-14(4)16(17(18)19)15-8-9-20-15/h11-12,15H,5-10H2,1-4H3,(H,18,19)/t12-,15-/m1/s1. The van der Waals surface area contributed by atoms with E-state index in [1.54, 1.807) is 0 Å². The van der Waals surface area contributed by atoms with Gasteiger partial charge in [0.25, 0.3) is 0 Å². The largest absolute Gasteiger partial charge is 0.478 e. The molecule has 1 rings (SSSR count). The van der Waals surface area contributed by atoms with Crippen molar-refractivity contribution in [1.29, 1.82) is 0 Å². The zero-order chi connectivity index (χ0) is 15.1. The van der Waals surface area contributed by atoms with E-state index in [0.29, 0.717) is 18.1 Å². The van der Waals surface area contributed by atoms with E-state index in [1.807, 2.05) is 13.0 Å². The van der Waals surface area contributed by atoms with Gasteiger partial charge in [0.1, 0.15) is 0 Å². The summed E-state index contributed by atoms with van der Waals surface area (Å²) in [5.41, 5.74) is 2.52. The smallest absolute Gasteiger partial charge is 0.334 e. The summed E-state index contributed by atoms with van der Waals surface area (Å²) in [6.45, 7) is 9.11. The van der Waals surface area contributed by atoms with E-state index in [-0.39, 0.29) is 6.10 Å². The first-order chi connectivity index (χ1) is 9.45. The van der Waals surface area contributed by atoms with Crippen LogP contribution in [0.4, 0.5) is 0 Å². The van der Waals surface area contributed by atoms with Crippen LogP contribution in [0.25, 0.3) is 0 Å². The van der Waals surface area contributed by atoms with E-state index in [0.717, 1.165) is 18.4 Å². The molecule has 2 atom stereocenters. The molecule has 1 aliphatic heterocycles. The molecule has 20 heavy (non-hydrogen) atoms. The van der Waals surface area contributed by atoms with E-state index in [2.05, 4.69) is 20.8 Å². The maximum absolute atomic E-state index is 11.4. The molecule has 0 aliphatic carbocycles. The first kappa shape index (κ1) is 17.0. The fourth-order valence-corrected chi connectivity index (χ4v) is 2.73. The third kappa shape index (κ3) is 5.12. The minimum absolute atomic E-state index is 0.214. The summed E-state index contributed by atoms with van der Waals surface area (Å²) < 4.78 is 5.32. The second kappa shape index (κ2) is 8.25. The van der Waals surface area contributed by atoms with Crippen molar-refractivity contribution < 1.29 is 14.6 Å². The summed E-state index contributed by atoms with van der Waals surface area (Å²) in [6, 6.07) is 0. The molecule has 114 valence electrons. The van der Waals surface area contributed by atoms with Crippen molar-refractivity contribution in [1.82, 2.24) is 0 Å². The van der Waals surface area contributed by atoms with Gasteiger partial charge in [-0.2, -0.15) is 0 Å². The lowest BCUT2D eigenvalue weighted by Crippen LogP contribution is -2.32. The zero-order valence-corrected chi connectivity index (χ0v) is 13.2. The summed E-state index contributed by atoms with van der Waals surface area (Å²) in [5, 5.41) is 9.32. The van der Waals surface area contributed by atoms with Gasteiger partial charge >= 0.3 is 5.97 Å². The van der Waals surface area contributed by atoms with Crippen LogP contribution in [0.2, 0.25) is 0 Å². The number of hydrogen-bond acceptors (Lipinski definition) is 2. The number of allylic oxidation sites excluding steroid dienone is 3. The third-order valence-electron chi connectivity index (χ3n) is 3.86. The Bertz CT molecular complexity index is 389. The Hall–Kier alpha value is -1.09. The van der Waals surface area contributed by atoms with Crippen molar-refractivity contribution in [3.8, 4) is 0 Å². The minimum atomic E-state index is -0.852. The molecule has 0 bridgehead atoms. The van der Waals surface area contributed by atoms with Crippen molar-refractivity contribution in [3.63, 3.8) is 0 Å². The number of aliphatic carboxylic acids is 1. The predicted octanol–water partition coefficient (Wildman–Crippen LogP) is 4.34. The summed E-state index contributed by atoms with van der Waals surface area (Å²) >= 11 is 0. The van der Waals surface area contributed by atoms with Gasteiger partial charge in [-0.05, 0) is 31.8 Å². The van der Waals surface area contributed by atoms with Gasteiger partial charge in [-0.1, -0.05) is 44.8 Å². The molecule has 0 unspecified atom stereocenters.